The van der Waals surface area contributed by atoms with E-state index in [0.717, 1.165) is 19.4 Å². The predicted molar refractivity (Wildman–Crippen MR) is 83.0 cm³/mol. The van der Waals surface area contributed by atoms with E-state index in [9.17, 15) is 10.2 Å². The maximum Gasteiger partial charge on any atom is 1.00 e. The largest absolute Gasteiger partial charge is 1.00 e. The van der Waals surface area contributed by atoms with E-state index in [0.29, 0.717) is 17.7 Å². The number of rotatable bonds is 0. The monoisotopic (exact) mass is 423 g/mol. The van der Waals surface area contributed by atoms with Crippen molar-refractivity contribution in [3.05, 3.63) is 35.4 Å². The molecule has 7 nitrogen and oxygen atoms in total. The van der Waals surface area contributed by atoms with E-state index < -0.39 is 12.3 Å². The number of aliphatic hydroxyl groups excluding tert-OH is 1. The number of piperidine rings is 1. The Morgan fingerprint density at radius 3 is 2.63 bits per heavy atom. The molecule has 0 amide bonds. The molecule has 2 aliphatic heterocycles. The molecule has 1 spiro atoms. The first-order valence-electron chi connectivity index (χ1n) is 8.33. The number of benzene rings is 1. The molecule has 1 fully saturated rings. The first-order valence-corrected chi connectivity index (χ1v) is 8.33. The molecule has 5 rings (SSSR count). The molecule has 1 aromatic rings. The number of likely N-dealkylation sites (tertiary alicyclic amines) is 1. The number of hydrogen-bond donors (Lipinski definition) is 2. The second kappa shape index (κ2) is 9.03. The molecule has 2 aliphatic carbocycles. The first kappa shape index (κ1) is 24.3. The number of likely N-dealkylation sites (N-methyl/N-ethyl adjacent to an activating group) is 1. The molecule has 0 unspecified atom stereocenters. The van der Waals surface area contributed by atoms with Crippen LogP contribution in [0.25, 0.3) is 0 Å². The van der Waals surface area contributed by atoms with Crippen molar-refractivity contribution in [2.24, 2.45) is 5.92 Å². The van der Waals surface area contributed by atoms with Gasteiger partial charge in [-0.25, -0.2) is 0 Å². The predicted octanol–water partition coefficient (Wildman–Crippen LogP) is -7.24. The maximum atomic E-state index is 10.4. The van der Waals surface area contributed by atoms with Gasteiger partial charge in [-0.1, -0.05) is 18.2 Å². The van der Waals surface area contributed by atoms with Crippen molar-refractivity contribution < 1.29 is 133 Å². The van der Waals surface area contributed by atoms with Crippen molar-refractivity contribution in [3.8, 4) is 11.5 Å². The molecular weight excluding hydrogens is 404 g/mol. The van der Waals surface area contributed by atoms with Crippen LogP contribution in [0.2, 0.25) is 0 Å². The average molecular weight is 424 g/mol. The summed E-state index contributed by atoms with van der Waals surface area (Å²) in [6.07, 6.45) is 2.84. The van der Waals surface area contributed by atoms with Gasteiger partial charge >= 0.3 is 103 Å². The minimum atomic E-state index is -2.33. The Morgan fingerprint density at radius 2 is 1.96 bits per heavy atom. The van der Waals surface area contributed by atoms with E-state index in [1.165, 1.54) is 11.1 Å². The number of carboxylic acid groups (broad SMARTS) is 2. The van der Waals surface area contributed by atoms with Gasteiger partial charge in [0.25, 0.3) is 0 Å². The quantitative estimate of drug-likeness (QED) is 0.315. The summed E-state index contributed by atoms with van der Waals surface area (Å²) in [5.41, 5.74) is 2.29. The number of ether oxygens (including phenoxy) is 1. The SMILES string of the molecule is CN1CC[C@]23c4c5ccc(O)c4O[C@H]2[C@@H](O)C=C[C@H]3[C@H]1C5.O=C([O-])[O-].[K+].[K+]. The van der Waals surface area contributed by atoms with E-state index in [1.54, 1.807) is 6.07 Å². The van der Waals surface area contributed by atoms with E-state index in [1.807, 2.05) is 12.1 Å². The second-order valence-electron chi connectivity index (χ2n) is 7.18. The van der Waals surface area contributed by atoms with Crippen LogP contribution in [-0.2, 0) is 11.8 Å². The van der Waals surface area contributed by atoms with Gasteiger partial charge in [-0.3, -0.25) is 0 Å². The van der Waals surface area contributed by atoms with Crippen molar-refractivity contribution in [2.45, 2.75) is 36.5 Å². The Hall–Kier alpha value is 1.02. The molecule has 1 saturated heterocycles. The van der Waals surface area contributed by atoms with Crippen molar-refractivity contribution >= 4 is 6.16 Å². The second-order valence-corrected chi connectivity index (χ2v) is 7.18. The molecule has 2 heterocycles. The summed E-state index contributed by atoms with van der Waals surface area (Å²) in [5, 5.41) is 37.3. The Morgan fingerprint density at radius 1 is 1.30 bits per heavy atom. The molecule has 1 aromatic carbocycles. The van der Waals surface area contributed by atoms with E-state index in [4.69, 9.17) is 19.7 Å². The molecule has 2 N–H and O–H groups in total. The van der Waals surface area contributed by atoms with Crippen LogP contribution in [0.3, 0.4) is 0 Å². The van der Waals surface area contributed by atoms with E-state index >= 15 is 0 Å². The van der Waals surface area contributed by atoms with E-state index in [2.05, 4.69) is 18.0 Å². The first-order chi connectivity index (χ1) is 11.9. The summed E-state index contributed by atoms with van der Waals surface area (Å²) in [6.45, 7) is 1.01. The number of aromatic hydroxyl groups is 1. The molecule has 0 saturated carbocycles. The standard InChI is InChI=1S/C17H19NO3.CH2O3.2K/c1-18-7-6-17-10-3-5-13(20)16(17)21-15-12(19)4-2-9(14(15)17)8-11(10)18;2-1(3)4;;/h2-5,10-11,13,16,19-20H,6-8H2,1H3;(H2,2,3,4);;/q;;2*+1/p-2/t10-,11+,13-,16-,17-;;;/m0.../s1. The molecule has 2 bridgehead atoms. The fourth-order valence-corrected chi connectivity index (χ4v) is 5.24. The van der Waals surface area contributed by atoms with E-state index in [-0.39, 0.29) is 120 Å². The minimum absolute atomic E-state index is 0. The number of aliphatic hydroxyl groups is 1. The van der Waals surface area contributed by atoms with Gasteiger partial charge in [-0.15, -0.1) is 0 Å². The topological polar surface area (TPSA) is 116 Å². The minimum Gasteiger partial charge on any atom is -0.652 e. The zero-order chi connectivity index (χ0) is 17.9. The third kappa shape index (κ3) is 3.77. The van der Waals surface area contributed by atoms with Crippen molar-refractivity contribution in [1.82, 2.24) is 4.90 Å². The Kier molecular flexibility index (Phi) is 8.12. The maximum absolute atomic E-state index is 10.4. The van der Waals surface area contributed by atoms with Crippen LogP contribution in [-0.4, -0.2) is 53.1 Å². The van der Waals surface area contributed by atoms with Crippen LogP contribution in [0.5, 0.6) is 11.5 Å². The number of phenolic OH excluding ortho intramolecular Hbond substituents is 1. The van der Waals surface area contributed by atoms with Crippen LogP contribution in [0.15, 0.2) is 24.3 Å². The summed E-state index contributed by atoms with van der Waals surface area (Å²) in [7, 11) is 2.19. The Balaban J connectivity index is 0.000000401. The van der Waals surface area contributed by atoms with Crippen molar-refractivity contribution in [3.63, 3.8) is 0 Å². The fourth-order valence-electron chi connectivity index (χ4n) is 5.24. The Labute approximate surface area is 242 Å². The summed E-state index contributed by atoms with van der Waals surface area (Å²) in [4.78, 5) is 10.8. The molecule has 5 atom stereocenters. The molecule has 4 aliphatic rings. The summed E-state index contributed by atoms with van der Waals surface area (Å²) >= 11 is 0. The van der Waals surface area contributed by atoms with Crippen LogP contribution in [0, 0.1) is 5.92 Å². The average Bonchev–Trinajstić information content (AvgIpc) is 2.90. The number of hydrogen-bond acceptors (Lipinski definition) is 7. The number of nitrogens with zero attached hydrogens (tertiary/aromatic N) is 1. The van der Waals surface area contributed by atoms with Crippen molar-refractivity contribution in [1.29, 1.82) is 0 Å². The van der Waals surface area contributed by atoms with Crippen LogP contribution >= 0.6 is 0 Å². The molecule has 0 radical (unpaired) electrons. The van der Waals surface area contributed by atoms with Crippen LogP contribution in [0.1, 0.15) is 17.5 Å². The van der Waals surface area contributed by atoms with Crippen molar-refractivity contribution in [2.75, 3.05) is 13.6 Å². The van der Waals surface area contributed by atoms with Gasteiger partial charge in [0.05, 0.1) is 0 Å². The zero-order valence-corrected chi connectivity index (χ0v) is 22.0. The summed E-state index contributed by atoms with van der Waals surface area (Å²) < 4.78 is 6.09. The smallest absolute Gasteiger partial charge is 0.652 e. The van der Waals surface area contributed by atoms with Gasteiger partial charge in [0, 0.05) is 22.9 Å². The molecule has 27 heavy (non-hydrogen) atoms. The number of phenols is 1. The summed E-state index contributed by atoms with van der Waals surface area (Å²) in [6, 6.07) is 4.23. The normalized spacial score (nSPS) is 34.0. The van der Waals surface area contributed by atoms with Gasteiger partial charge in [-0.05, 0) is 44.2 Å². The van der Waals surface area contributed by atoms with Crippen LogP contribution < -0.4 is 118 Å². The Bertz CT molecular complexity index is 768. The molecule has 0 aromatic heterocycles. The number of carbonyl (C=O) groups is 1. The zero-order valence-electron chi connectivity index (χ0n) is 15.7. The van der Waals surface area contributed by atoms with Gasteiger partial charge in [-0.2, -0.15) is 0 Å². The van der Waals surface area contributed by atoms with Gasteiger partial charge in [0.1, 0.15) is 12.2 Å². The third-order valence-electron chi connectivity index (χ3n) is 6.15. The molecule has 9 heteroatoms. The van der Waals surface area contributed by atoms with Gasteiger partial charge in [0.2, 0.25) is 0 Å². The number of carbonyl (C=O) groups excluding carboxylic acids is 1. The third-order valence-corrected chi connectivity index (χ3v) is 6.15. The molecule has 134 valence electrons. The van der Waals surface area contributed by atoms with Gasteiger partial charge in [0.15, 0.2) is 11.5 Å². The molecular formula is C18H19K2NO6. The fraction of sp³-hybridized carbons (Fsp3) is 0.500. The summed E-state index contributed by atoms with van der Waals surface area (Å²) in [5.74, 6) is 1.19. The van der Waals surface area contributed by atoms with Gasteiger partial charge < -0.3 is 34.9 Å². The van der Waals surface area contributed by atoms with Crippen LogP contribution in [0.4, 0.5) is 4.79 Å².